The zero-order valence-corrected chi connectivity index (χ0v) is 12.8. The lowest BCUT2D eigenvalue weighted by Gasteiger charge is -2.07. The Hall–Kier alpha value is -1.67. The van der Waals surface area contributed by atoms with Crippen LogP contribution in [0.2, 0.25) is 5.15 Å². The maximum Gasteiger partial charge on any atom is 0.281 e. The summed E-state index contributed by atoms with van der Waals surface area (Å²) in [5.74, 6) is 0. The number of sulfonamides is 1. The van der Waals surface area contributed by atoms with Gasteiger partial charge < -0.3 is 4.57 Å². The topological polar surface area (TPSA) is 89.8 Å². The first kappa shape index (κ1) is 14.7. The van der Waals surface area contributed by atoms with E-state index in [0.29, 0.717) is 5.69 Å². The minimum atomic E-state index is -3.80. The van der Waals surface area contributed by atoms with Crippen LogP contribution in [0.1, 0.15) is 25.6 Å². The van der Waals surface area contributed by atoms with E-state index < -0.39 is 10.0 Å². The van der Waals surface area contributed by atoms with Crippen molar-refractivity contribution in [1.82, 2.24) is 19.7 Å². The molecule has 0 unspecified atom stereocenters. The first-order valence-corrected chi connectivity index (χ1v) is 7.72. The molecule has 0 saturated heterocycles. The molecule has 0 radical (unpaired) electrons. The molecule has 0 aliphatic heterocycles. The average molecular weight is 316 g/mol. The van der Waals surface area contributed by atoms with Gasteiger partial charge in [-0.3, -0.25) is 4.72 Å². The maximum atomic E-state index is 12.2. The van der Waals surface area contributed by atoms with Gasteiger partial charge in [-0.25, -0.2) is 4.98 Å². The van der Waals surface area contributed by atoms with E-state index in [4.69, 9.17) is 11.6 Å². The highest BCUT2D eigenvalue weighted by Crippen LogP contribution is 2.22. The lowest BCUT2D eigenvalue weighted by Crippen LogP contribution is -2.14. The Kier molecular flexibility index (Phi) is 3.96. The molecule has 0 aliphatic carbocycles. The van der Waals surface area contributed by atoms with Crippen LogP contribution in [0.15, 0.2) is 23.6 Å². The molecule has 20 heavy (non-hydrogen) atoms. The molecule has 2 heterocycles. The van der Waals surface area contributed by atoms with Crippen molar-refractivity contribution >= 4 is 27.3 Å². The number of aryl methyl sites for hydroxylation is 1. The molecule has 7 nitrogen and oxygen atoms in total. The van der Waals surface area contributed by atoms with Gasteiger partial charge in [0.25, 0.3) is 10.0 Å². The number of anilines is 1. The molecule has 0 spiro atoms. The summed E-state index contributed by atoms with van der Waals surface area (Å²) in [4.78, 5) is 3.89. The normalized spacial score (nSPS) is 11.8. The fourth-order valence-corrected chi connectivity index (χ4v) is 2.67. The number of rotatable bonds is 4. The van der Waals surface area contributed by atoms with Crippen LogP contribution in [-0.4, -0.2) is 28.2 Å². The minimum Gasteiger partial charge on any atom is -0.334 e. The fourth-order valence-electron chi connectivity index (χ4n) is 1.48. The van der Waals surface area contributed by atoms with E-state index in [2.05, 4.69) is 19.9 Å². The Bertz CT molecular complexity index is 726. The largest absolute Gasteiger partial charge is 0.334 e. The van der Waals surface area contributed by atoms with Crippen molar-refractivity contribution in [3.63, 3.8) is 0 Å². The van der Waals surface area contributed by atoms with Crippen LogP contribution in [-0.2, 0) is 10.0 Å². The van der Waals surface area contributed by atoms with Crippen LogP contribution in [0, 0.1) is 6.92 Å². The molecule has 2 rings (SSSR count). The monoisotopic (exact) mass is 315 g/mol. The van der Waals surface area contributed by atoms with E-state index in [0.717, 1.165) is 0 Å². The van der Waals surface area contributed by atoms with E-state index in [1.165, 1.54) is 18.6 Å². The number of aromatic nitrogens is 4. The van der Waals surface area contributed by atoms with Gasteiger partial charge in [0, 0.05) is 12.2 Å². The quantitative estimate of drug-likeness (QED) is 0.932. The van der Waals surface area contributed by atoms with Crippen molar-refractivity contribution in [2.24, 2.45) is 0 Å². The molecule has 0 bridgehead atoms. The number of imidazole rings is 1. The highest BCUT2D eigenvalue weighted by Gasteiger charge is 2.20. The maximum absolute atomic E-state index is 12.2. The molecule has 0 fully saturated rings. The van der Waals surface area contributed by atoms with Gasteiger partial charge >= 0.3 is 0 Å². The molecule has 2 aromatic rings. The number of halogens is 1. The standard InChI is InChI=1S/C11H14ClN5O2S/c1-7(2)17-5-10(13-6-17)20(18,19)16-9-4-8(3)14-15-11(9)12/h4-7H,1-3H3,(H,14,16). The van der Waals surface area contributed by atoms with E-state index in [-0.39, 0.29) is 21.9 Å². The Labute approximate surface area is 122 Å². The molecule has 1 N–H and O–H groups in total. The summed E-state index contributed by atoms with van der Waals surface area (Å²) in [5, 5.41) is 7.30. The van der Waals surface area contributed by atoms with Crippen LogP contribution in [0.4, 0.5) is 5.69 Å². The summed E-state index contributed by atoms with van der Waals surface area (Å²) in [6, 6.07) is 1.63. The van der Waals surface area contributed by atoms with E-state index in [9.17, 15) is 8.42 Å². The van der Waals surface area contributed by atoms with Crippen LogP contribution in [0.5, 0.6) is 0 Å². The third-order valence-electron chi connectivity index (χ3n) is 2.56. The molecular weight excluding hydrogens is 302 g/mol. The zero-order chi connectivity index (χ0) is 14.9. The predicted octanol–water partition coefficient (Wildman–Crippen LogP) is 2.02. The zero-order valence-electron chi connectivity index (χ0n) is 11.2. The van der Waals surface area contributed by atoms with Crippen LogP contribution in [0.25, 0.3) is 0 Å². The van der Waals surface area contributed by atoms with Crippen molar-refractivity contribution in [3.05, 3.63) is 29.4 Å². The number of nitrogens with one attached hydrogen (secondary N) is 1. The van der Waals surface area contributed by atoms with Crippen LogP contribution < -0.4 is 4.72 Å². The summed E-state index contributed by atoms with van der Waals surface area (Å²) in [6.07, 6.45) is 2.93. The van der Waals surface area contributed by atoms with Gasteiger partial charge in [0.15, 0.2) is 10.2 Å². The second-order valence-electron chi connectivity index (χ2n) is 4.55. The fraction of sp³-hybridized carbons (Fsp3) is 0.364. The first-order chi connectivity index (χ1) is 9.29. The number of nitrogens with zero attached hydrogens (tertiary/aromatic N) is 4. The van der Waals surface area contributed by atoms with Crippen LogP contribution in [0.3, 0.4) is 0 Å². The molecule has 2 aromatic heterocycles. The minimum absolute atomic E-state index is 0.0116. The summed E-state index contributed by atoms with van der Waals surface area (Å²) in [7, 11) is -3.80. The van der Waals surface area contributed by atoms with Crippen molar-refractivity contribution in [1.29, 1.82) is 0 Å². The van der Waals surface area contributed by atoms with Gasteiger partial charge in [0.05, 0.1) is 17.7 Å². The summed E-state index contributed by atoms with van der Waals surface area (Å²) in [5.41, 5.74) is 0.734. The summed E-state index contributed by atoms with van der Waals surface area (Å²) < 4.78 is 28.5. The second-order valence-corrected chi connectivity index (χ2v) is 6.54. The number of hydrogen-bond acceptors (Lipinski definition) is 5. The molecule has 0 amide bonds. The predicted molar refractivity (Wildman–Crippen MR) is 75.2 cm³/mol. The van der Waals surface area contributed by atoms with E-state index in [1.807, 2.05) is 13.8 Å². The van der Waals surface area contributed by atoms with E-state index >= 15 is 0 Å². The highest BCUT2D eigenvalue weighted by molar-refractivity contribution is 7.92. The van der Waals surface area contributed by atoms with Gasteiger partial charge in [-0.15, -0.1) is 5.10 Å². The summed E-state index contributed by atoms with van der Waals surface area (Å²) in [6.45, 7) is 5.55. The van der Waals surface area contributed by atoms with Gasteiger partial charge in [-0.2, -0.15) is 13.5 Å². The Morgan fingerprint density at radius 1 is 1.35 bits per heavy atom. The van der Waals surface area contributed by atoms with E-state index in [1.54, 1.807) is 11.5 Å². The average Bonchev–Trinajstić information content (AvgIpc) is 2.84. The molecular formula is C11H14ClN5O2S. The molecule has 0 aliphatic rings. The SMILES string of the molecule is Cc1cc(NS(=O)(=O)c2cn(C(C)C)cn2)c(Cl)nn1. The molecule has 108 valence electrons. The Morgan fingerprint density at radius 2 is 2.05 bits per heavy atom. The summed E-state index contributed by atoms with van der Waals surface area (Å²) >= 11 is 5.82. The van der Waals surface area contributed by atoms with Gasteiger partial charge in [0.2, 0.25) is 0 Å². The third kappa shape index (κ3) is 3.07. The van der Waals surface area contributed by atoms with Crippen molar-refractivity contribution in [3.8, 4) is 0 Å². The molecule has 0 aromatic carbocycles. The van der Waals surface area contributed by atoms with Crippen molar-refractivity contribution in [2.75, 3.05) is 4.72 Å². The van der Waals surface area contributed by atoms with Gasteiger partial charge in [-0.05, 0) is 26.8 Å². The molecule has 0 atom stereocenters. The first-order valence-electron chi connectivity index (χ1n) is 5.85. The van der Waals surface area contributed by atoms with Gasteiger partial charge in [-0.1, -0.05) is 11.6 Å². The number of hydrogen-bond donors (Lipinski definition) is 1. The lowest BCUT2D eigenvalue weighted by molar-refractivity contribution is 0.591. The van der Waals surface area contributed by atoms with Crippen molar-refractivity contribution in [2.45, 2.75) is 31.8 Å². The Morgan fingerprint density at radius 3 is 2.65 bits per heavy atom. The highest BCUT2D eigenvalue weighted by atomic mass is 35.5. The Balaban J connectivity index is 2.33. The second kappa shape index (κ2) is 5.37. The lowest BCUT2D eigenvalue weighted by atomic mass is 10.4. The third-order valence-corrected chi connectivity index (χ3v) is 4.09. The van der Waals surface area contributed by atoms with Gasteiger partial charge in [0.1, 0.15) is 0 Å². The smallest absolute Gasteiger partial charge is 0.281 e. The molecule has 0 saturated carbocycles. The molecule has 9 heteroatoms. The van der Waals surface area contributed by atoms with Crippen molar-refractivity contribution < 1.29 is 8.42 Å². The van der Waals surface area contributed by atoms with Crippen LogP contribution >= 0.6 is 11.6 Å².